The van der Waals surface area contributed by atoms with Crippen molar-refractivity contribution in [2.75, 3.05) is 26.4 Å². The van der Waals surface area contributed by atoms with E-state index in [1.165, 1.54) is 141 Å². The Morgan fingerprint density at radius 3 is 1.24 bits per heavy atom. The molecule has 0 radical (unpaired) electrons. The van der Waals surface area contributed by atoms with E-state index < -0.39 is 124 Å². The van der Waals surface area contributed by atoms with E-state index in [0.717, 1.165) is 64.2 Å². The molecule has 3 aliphatic rings. The molecule has 0 spiro atoms. The van der Waals surface area contributed by atoms with Crippen molar-refractivity contribution >= 4 is 5.91 Å². The molecule has 3 fully saturated rings. The molecule has 0 bridgehead atoms. The zero-order chi connectivity index (χ0) is 65.4. The van der Waals surface area contributed by atoms with Crippen LogP contribution in [0.3, 0.4) is 0 Å². The van der Waals surface area contributed by atoms with Gasteiger partial charge in [0.05, 0.1) is 38.6 Å². The molecule has 0 aromatic heterocycles. The molecule has 3 aliphatic heterocycles. The fourth-order valence-corrected chi connectivity index (χ4v) is 11.6. The fraction of sp³-hybridized carbons (Fsp3) is 0.817. The van der Waals surface area contributed by atoms with Crippen molar-refractivity contribution in [1.82, 2.24) is 5.32 Å². The largest absolute Gasteiger partial charge is 0.394 e. The molecule has 17 unspecified atom stereocenters. The Labute approximate surface area is 540 Å². The number of aliphatic hydroxyl groups is 11. The van der Waals surface area contributed by atoms with Gasteiger partial charge < -0.3 is 89.9 Å². The van der Waals surface area contributed by atoms with Gasteiger partial charge in [-0.05, 0) is 70.6 Å². The predicted molar refractivity (Wildman–Crippen MR) is 351 cm³/mol. The zero-order valence-corrected chi connectivity index (χ0v) is 55.1. The quantitative estimate of drug-likeness (QED) is 0.0199. The molecular weight excluding hydrogens is 1150 g/mol. The summed E-state index contributed by atoms with van der Waals surface area (Å²) in [6, 6.07) is -0.989. The maximum atomic E-state index is 13.4. The first-order valence-corrected chi connectivity index (χ1v) is 35.2. The van der Waals surface area contributed by atoms with Crippen LogP contribution in [-0.4, -0.2) is 193 Å². The van der Waals surface area contributed by atoms with Gasteiger partial charge in [-0.25, -0.2) is 0 Å². The lowest BCUT2D eigenvalue weighted by Gasteiger charge is -2.48. The van der Waals surface area contributed by atoms with E-state index in [4.69, 9.17) is 28.4 Å². The normalized spacial score (nSPS) is 28.5. The Hall–Kier alpha value is -2.77. The van der Waals surface area contributed by atoms with Crippen LogP contribution < -0.4 is 5.32 Å². The Kier molecular flexibility index (Phi) is 47.5. The minimum Gasteiger partial charge on any atom is -0.394 e. The van der Waals surface area contributed by atoms with E-state index >= 15 is 0 Å². The van der Waals surface area contributed by atoms with Gasteiger partial charge in [0.2, 0.25) is 5.91 Å². The maximum absolute atomic E-state index is 13.4. The number of carbonyl (C=O) groups excluding carboxylic acids is 1. The van der Waals surface area contributed by atoms with Crippen LogP contribution >= 0.6 is 0 Å². The summed E-state index contributed by atoms with van der Waals surface area (Å²) < 4.78 is 34.2. The Morgan fingerprint density at radius 1 is 0.411 bits per heavy atom. The number of carbonyl (C=O) groups is 1. The number of rotatable bonds is 53. The third-order valence-corrected chi connectivity index (χ3v) is 17.2. The van der Waals surface area contributed by atoms with Gasteiger partial charge in [-0.1, -0.05) is 234 Å². The van der Waals surface area contributed by atoms with Crippen molar-refractivity contribution in [2.24, 2.45) is 0 Å². The highest BCUT2D eigenvalue weighted by Crippen LogP contribution is 2.33. The number of hydrogen-bond acceptors (Lipinski definition) is 18. The highest BCUT2D eigenvalue weighted by atomic mass is 16.8. The number of aliphatic hydroxyl groups excluding tert-OH is 11. The number of hydrogen-bond donors (Lipinski definition) is 12. The summed E-state index contributed by atoms with van der Waals surface area (Å²) in [7, 11) is 0. The highest BCUT2D eigenvalue weighted by Gasteiger charge is 2.53. The zero-order valence-electron chi connectivity index (χ0n) is 55.1. The molecule has 17 atom stereocenters. The minimum atomic E-state index is -1.98. The Morgan fingerprint density at radius 2 is 0.778 bits per heavy atom. The molecule has 0 aromatic carbocycles. The molecule has 1 amide bonds. The summed E-state index contributed by atoms with van der Waals surface area (Å²) in [6.07, 6.45) is 39.3. The molecule has 90 heavy (non-hydrogen) atoms. The number of allylic oxidation sites excluding steroid dienone is 11. The topological polar surface area (TPSA) is 307 Å². The number of unbranched alkanes of at least 4 members (excludes halogenated alkanes) is 27. The maximum Gasteiger partial charge on any atom is 0.220 e. The van der Waals surface area contributed by atoms with Crippen LogP contribution in [0.1, 0.15) is 239 Å². The second-order valence-corrected chi connectivity index (χ2v) is 25.0. The lowest BCUT2D eigenvalue weighted by Crippen LogP contribution is -2.66. The smallest absolute Gasteiger partial charge is 0.220 e. The summed E-state index contributed by atoms with van der Waals surface area (Å²) >= 11 is 0. The van der Waals surface area contributed by atoms with Gasteiger partial charge in [0, 0.05) is 6.42 Å². The molecule has 3 saturated heterocycles. The van der Waals surface area contributed by atoms with Gasteiger partial charge in [0.25, 0.3) is 0 Å². The first-order valence-electron chi connectivity index (χ1n) is 35.2. The van der Waals surface area contributed by atoms with Gasteiger partial charge in [-0.15, -0.1) is 0 Å². The van der Waals surface area contributed by atoms with E-state index in [0.29, 0.717) is 12.8 Å². The molecule has 0 saturated carbocycles. The molecule has 522 valence electrons. The first-order chi connectivity index (χ1) is 43.8. The molecule has 3 heterocycles. The van der Waals surface area contributed by atoms with Crippen molar-refractivity contribution in [1.29, 1.82) is 0 Å². The lowest BCUT2D eigenvalue weighted by molar-refractivity contribution is -0.379. The van der Waals surface area contributed by atoms with Crippen LogP contribution in [0.4, 0.5) is 0 Å². The van der Waals surface area contributed by atoms with Crippen molar-refractivity contribution in [3.63, 3.8) is 0 Å². The number of nitrogens with one attached hydrogen (secondary N) is 1. The van der Waals surface area contributed by atoms with Gasteiger partial charge in [-0.3, -0.25) is 4.79 Å². The van der Waals surface area contributed by atoms with Crippen LogP contribution in [0.25, 0.3) is 0 Å². The van der Waals surface area contributed by atoms with Crippen molar-refractivity contribution < 1.29 is 89.4 Å². The fourth-order valence-electron chi connectivity index (χ4n) is 11.6. The minimum absolute atomic E-state index is 0.235. The molecule has 3 rings (SSSR count). The summed E-state index contributed by atoms with van der Waals surface area (Å²) in [4.78, 5) is 13.4. The highest BCUT2D eigenvalue weighted by molar-refractivity contribution is 5.76. The molecule has 0 aliphatic carbocycles. The SMILES string of the molecule is CC/C=C\C/C=C\C/C=C\C/C=C\CCCCCCCCCCCCCCCCCCCCCCCCC(=O)NC(COC1OC(CO)C(OC2OC(CO)C(OC3OC(CO)C(O)C(O)C3O)C(O)C2O)C(O)C1O)C(O)/C=C/CC/C=C/CCCCCC. The van der Waals surface area contributed by atoms with Crippen LogP contribution in [-0.2, 0) is 33.2 Å². The number of ether oxygens (including phenoxy) is 6. The standard InChI is InChI=1S/C71H125NO18/c1-3-5-7-9-11-13-15-16-17-18-19-20-21-22-23-24-25-26-27-28-29-30-31-32-33-34-35-36-37-38-39-41-43-45-47-49-59(77)72-54(55(76)48-46-44-42-40-14-12-10-8-6-4-2)53-85-69-65(83)62(80)67(57(51-74)87-69)90-71-66(84)63(81)68(58(52-75)88-71)89-70-64(82)61(79)60(78)56(50-73)86-70/h5,7,11,13-14,16-17,19-20,40,46,48,54-58,60-71,73-76,78-84H,3-4,6,8-10,12,15,18,21-39,41-45,47,49-53H2,1-2H3,(H,72,77)/b7-5-,13-11-,17-16-,20-19-,40-14+,48-46+. The third kappa shape index (κ3) is 34.1. The van der Waals surface area contributed by atoms with E-state index in [-0.39, 0.29) is 18.9 Å². The second kappa shape index (κ2) is 52.5. The van der Waals surface area contributed by atoms with E-state index in [2.05, 4.69) is 79.9 Å². The van der Waals surface area contributed by atoms with Crippen LogP contribution in [0.2, 0.25) is 0 Å². The van der Waals surface area contributed by atoms with Gasteiger partial charge in [-0.2, -0.15) is 0 Å². The van der Waals surface area contributed by atoms with E-state index in [1.54, 1.807) is 6.08 Å². The lowest BCUT2D eigenvalue weighted by atomic mass is 9.96. The summed E-state index contributed by atoms with van der Waals surface area (Å²) in [6.45, 7) is 1.55. The average molecular weight is 1280 g/mol. The van der Waals surface area contributed by atoms with Crippen LogP contribution in [0.5, 0.6) is 0 Å². The Balaban J connectivity index is 1.31. The van der Waals surface area contributed by atoms with E-state index in [1.807, 2.05) is 6.08 Å². The number of amides is 1. The molecular formula is C71H125NO18. The Bertz CT molecular complexity index is 1920. The van der Waals surface area contributed by atoms with E-state index in [9.17, 15) is 61.0 Å². The molecule has 19 nitrogen and oxygen atoms in total. The van der Waals surface area contributed by atoms with Crippen LogP contribution in [0.15, 0.2) is 72.9 Å². The third-order valence-electron chi connectivity index (χ3n) is 17.2. The van der Waals surface area contributed by atoms with Gasteiger partial charge >= 0.3 is 0 Å². The molecule has 19 heteroatoms. The summed E-state index contributed by atoms with van der Waals surface area (Å²) in [5.41, 5.74) is 0. The first kappa shape index (κ1) is 81.5. The van der Waals surface area contributed by atoms with Gasteiger partial charge in [0.1, 0.15) is 73.2 Å². The molecule has 12 N–H and O–H groups in total. The van der Waals surface area contributed by atoms with Crippen molar-refractivity contribution in [2.45, 2.75) is 343 Å². The predicted octanol–water partition coefficient (Wildman–Crippen LogP) is 9.33. The van der Waals surface area contributed by atoms with Gasteiger partial charge in [0.15, 0.2) is 18.9 Å². The average Bonchev–Trinajstić information content (AvgIpc) is 1.08. The van der Waals surface area contributed by atoms with Crippen molar-refractivity contribution in [3.8, 4) is 0 Å². The second-order valence-electron chi connectivity index (χ2n) is 25.0. The van der Waals surface area contributed by atoms with Crippen molar-refractivity contribution in [3.05, 3.63) is 72.9 Å². The summed E-state index contributed by atoms with van der Waals surface area (Å²) in [5, 5.41) is 120. The molecule has 0 aromatic rings. The monoisotopic (exact) mass is 1280 g/mol. The van der Waals surface area contributed by atoms with Crippen LogP contribution in [0, 0.1) is 0 Å². The summed E-state index contributed by atoms with van der Waals surface area (Å²) in [5.74, 6) is -0.287.